The van der Waals surface area contributed by atoms with Gasteiger partial charge in [0.05, 0.1) is 15.2 Å². The fourth-order valence-electron chi connectivity index (χ4n) is 3.33. The lowest BCUT2D eigenvalue weighted by molar-refractivity contribution is 0.233. The minimum atomic E-state index is 0.636. The number of aromatic nitrogens is 1. The second-order valence-electron chi connectivity index (χ2n) is 6.41. The quantitative estimate of drug-likeness (QED) is 0.653. The molecule has 3 heteroatoms. The zero-order chi connectivity index (χ0) is 16.2. The number of thiazole rings is 1. The first-order valence-corrected chi connectivity index (χ1v) is 9.49. The maximum absolute atomic E-state index is 4.85. The molecule has 0 aliphatic carbocycles. The van der Waals surface area contributed by atoms with E-state index in [4.69, 9.17) is 4.98 Å². The van der Waals surface area contributed by atoms with Gasteiger partial charge in [-0.1, -0.05) is 54.6 Å². The molecule has 1 aliphatic rings. The fraction of sp³-hybridized carbons (Fsp3) is 0.286. The van der Waals surface area contributed by atoms with Gasteiger partial charge in [-0.3, -0.25) is 4.90 Å². The summed E-state index contributed by atoms with van der Waals surface area (Å²) in [5.74, 6) is 0.636. The summed E-state index contributed by atoms with van der Waals surface area (Å²) in [6, 6.07) is 19.0. The first-order chi connectivity index (χ1) is 11.9. The molecule has 122 valence electrons. The molecule has 0 radical (unpaired) electrons. The average molecular weight is 334 g/mol. The van der Waals surface area contributed by atoms with Gasteiger partial charge in [0.25, 0.3) is 0 Å². The van der Waals surface area contributed by atoms with Crippen molar-refractivity contribution in [2.24, 2.45) is 0 Å². The van der Waals surface area contributed by atoms with Gasteiger partial charge in [-0.05, 0) is 43.6 Å². The molecule has 2 nitrogen and oxygen atoms in total. The summed E-state index contributed by atoms with van der Waals surface area (Å²) in [6.45, 7) is 3.38. The van der Waals surface area contributed by atoms with Crippen molar-refractivity contribution in [1.29, 1.82) is 0 Å². The van der Waals surface area contributed by atoms with Crippen LogP contribution in [0, 0.1) is 0 Å². The van der Waals surface area contributed by atoms with E-state index in [0.717, 1.165) is 12.1 Å². The molecule has 1 aromatic heterocycles. The van der Waals surface area contributed by atoms with Crippen LogP contribution in [0.15, 0.2) is 60.7 Å². The molecule has 4 rings (SSSR count). The Morgan fingerprint density at radius 1 is 1.00 bits per heavy atom. The van der Waals surface area contributed by atoms with Crippen LogP contribution in [0.25, 0.3) is 16.3 Å². The maximum atomic E-state index is 4.85. The number of piperidine rings is 1. The number of nitrogens with zero attached hydrogens (tertiary/aromatic N) is 2. The Morgan fingerprint density at radius 2 is 1.75 bits per heavy atom. The Kier molecular flexibility index (Phi) is 4.72. The summed E-state index contributed by atoms with van der Waals surface area (Å²) in [4.78, 5) is 7.39. The van der Waals surface area contributed by atoms with Gasteiger partial charge in [0.1, 0.15) is 0 Å². The second-order valence-corrected chi connectivity index (χ2v) is 7.47. The standard InChI is InChI=1S/C21H22N2S/c1-2-7-17(8-3-1)9-6-14-23-15-12-18(13-16-23)21-22-19-10-4-5-11-20(19)24-21/h1-11,18H,12-16H2/b9-6+. The molecular formula is C21H22N2S. The lowest BCUT2D eigenvalue weighted by Crippen LogP contribution is -2.32. The third kappa shape index (κ3) is 3.58. The topological polar surface area (TPSA) is 16.1 Å². The molecule has 0 atom stereocenters. The van der Waals surface area contributed by atoms with Crippen LogP contribution in [0.1, 0.15) is 29.3 Å². The number of para-hydroxylation sites is 1. The molecule has 0 bridgehead atoms. The Hall–Kier alpha value is -1.97. The number of hydrogen-bond donors (Lipinski definition) is 0. The summed E-state index contributed by atoms with van der Waals surface area (Å²) in [5.41, 5.74) is 2.44. The van der Waals surface area contributed by atoms with Gasteiger partial charge in [-0.2, -0.15) is 0 Å². The third-order valence-corrected chi connectivity index (χ3v) is 5.92. The number of rotatable bonds is 4. The SMILES string of the molecule is C(=C\c1ccccc1)/CN1CCC(c2nc3ccccc3s2)CC1. The smallest absolute Gasteiger partial charge is 0.0970 e. The van der Waals surface area contributed by atoms with Crippen LogP contribution in [0.3, 0.4) is 0 Å². The highest BCUT2D eigenvalue weighted by Gasteiger charge is 2.22. The molecule has 0 saturated carbocycles. The van der Waals surface area contributed by atoms with Gasteiger partial charge >= 0.3 is 0 Å². The Morgan fingerprint density at radius 3 is 2.54 bits per heavy atom. The minimum absolute atomic E-state index is 0.636. The molecule has 2 aromatic carbocycles. The van der Waals surface area contributed by atoms with Crippen LogP contribution < -0.4 is 0 Å². The highest BCUT2D eigenvalue weighted by Crippen LogP contribution is 2.33. The third-order valence-electron chi connectivity index (χ3n) is 4.72. The van der Waals surface area contributed by atoms with Crippen molar-refractivity contribution in [3.05, 3.63) is 71.2 Å². The minimum Gasteiger partial charge on any atom is -0.300 e. The zero-order valence-corrected chi connectivity index (χ0v) is 14.6. The van der Waals surface area contributed by atoms with E-state index < -0.39 is 0 Å². The van der Waals surface area contributed by atoms with E-state index >= 15 is 0 Å². The largest absolute Gasteiger partial charge is 0.300 e. The number of fused-ring (bicyclic) bond motifs is 1. The van der Waals surface area contributed by atoms with E-state index in [1.807, 2.05) is 11.3 Å². The Labute approximate surface area is 147 Å². The highest BCUT2D eigenvalue weighted by atomic mass is 32.1. The highest BCUT2D eigenvalue weighted by molar-refractivity contribution is 7.18. The van der Waals surface area contributed by atoms with Gasteiger partial charge in [-0.15, -0.1) is 11.3 Å². The fourth-order valence-corrected chi connectivity index (χ4v) is 4.47. The van der Waals surface area contributed by atoms with Crippen molar-refractivity contribution in [3.63, 3.8) is 0 Å². The van der Waals surface area contributed by atoms with Crippen molar-refractivity contribution >= 4 is 27.6 Å². The Balaban J connectivity index is 1.32. The van der Waals surface area contributed by atoms with Crippen LogP contribution in [0.5, 0.6) is 0 Å². The molecular weight excluding hydrogens is 312 g/mol. The van der Waals surface area contributed by atoms with Gasteiger partial charge < -0.3 is 0 Å². The molecule has 1 aliphatic heterocycles. The molecule has 0 unspecified atom stereocenters. The summed E-state index contributed by atoms with van der Waals surface area (Å²) in [7, 11) is 0. The van der Waals surface area contributed by atoms with Gasteiger partial charge in [0, 0.05) is 12.5 Å². The first-order valence-electron chi connectivity index (χ1n) is 8.68. The molecule has 0 spiro atoms. The molecule has 2 heterocycles. The van der Waals surface area contributed by atoms with E-state index in [2.05, 4.69) is 71.6 Å². The lowest BCUT2D eigenvalue weighted by Gasteiger charge is -2.30. The van der Waals surface area contributed by atoms with E-state index in [9.17, 15) is 0 Å². The van der Waals surface area contributed by atoms with Crippen LogP contribution in [-0.4, -0.2) is 29.5 Å². The molecule has 24 heavy (non-hydrogen) atoms. The number of benzene rings is 2. The van der Waals surface area contributed by atoms with Gasteiger partial charge in [0.2, 0.25) is 0 Å². The molecule has 1 fully saturated rings. The Bertz CT molecular complexity index is 781. The zero-order valence-electron chi connectivity index (χ0n) is 13.8. The molecule has 0 amide bonds. The van der Waals surface area contributed by atoms with Crippen molar-refractivity contribution in [1.82, 2.24) is 9.88 Å². The van der Waals surface area contributed by atoms with E-state index in [0.29, 0.717) is 5.92 Å². The summed E-state index contributed by atoms with van der Waals surface area (Å²) < 4.78 is 1.32. The first kappa shape index (κ1) is 15.6. The monoisotopic (exact) mass is 334 g/mol. The van der Waals surface area contributed by atoms with E-state index in [-0.39, 0.29) is 0 Å². The van der Waals surface area contributed by atoms with Crippen LogP contribution in [0.2, 0.25) is 0 Å². The predicted octanol–water partition coefficient (Wildman–Crippen LogP) is 5.19. The normalized spacial score (nSPS) is 17.0. The van der Waals surface area contributed by atoms with E-state index in [1.54, 1.807) is 0 Å². The molecule has 3 aromatic rings. The van der Waals surface area contributed by atoms with Crippen molar-refractivity contribution in [2.75, 3.05) is 19.6 Å². The second kappa shape index (κ2) is 7.29. The summed E-state index contributed by atoms with van der Waals surface area (Å²) in [6.07, 6.45) is 6.95. The van der Waals surface area contributed by atoms with Crippen molar-refractivity contribution in [2.45, 2.75) is 18.8 Å². The predicted molar refractivity (Wildman–Crippen MR) is 104 cm³/mol. The van der Waals surface area contributed by atoms with Crippen LogP contribution in [-0.2, 0) is 0 Å². The van der Waals surface area contributed by atoms with Crippen LogP contribution >= 0.6 is 11.3 Å². The summed E-state index contributed by atoms with van der Waals surface area (Å²) >= 11 is 1.88. The average Bonchev–Trinajstić information content (AvgIpc) is 3.07. The van der Waals surface area contributed by atoms with Gasteiger partial charge in [-0.25, -0.2) is 4.98 Å². The number of likely N-dealkylation sites (tertiary alicyclic amines) is 1. The van der Waals surface area contributed by atoms with Gasteiger partial charge in [0.15, 0.2) is 0 Å². The summed E-state index contributed by atoms with van der Waals surface area (Å²) in [5, 5.41) is 1.33. The maximum Gasteiger partial charge on any atom is 0.0970 e. The van der Waals surface area contributed by atoms with Crippen molar-refractivity contribution < 1.29 is 0 Å². The molecule has 1 saturated heterocycles. The van der Waals surface area contributed by atoms with Crippen LogP contribution in [0.4, 0.5) is 0 Å². The van der Waals surface area contributed by atoms with E-state index in [1.165, 1.54) is 41.2 Å². The lowest BCUT2D eigenvalue weighted by atomic mass is 9.97. The molecule has 0 N–H and O–H groups in total. The number of hydrogen-bond acceptors (Lipinski definition) is 3. The van der Waals surface area contributed by atoms with Crippen molar-refractivity contribution in [3.8, 4) is 0 Å².